The van der Waals surface area contributed by atoms with E-state index < -0.39 is 0 Å². The molecule has 38 valence electrons. The molecule has 0 aliphatic heterocycles. The topological polar surface area (TPSA) is 120 Å². The van der Waals surface area contributed by atoms with Crippen molar-refractivity contribution in [1.82, 2.24) is 0 Å². The van der Waals surface area contributed by atoms with Gasteiger partial charge in [-0.25, -0.2) is 0 Å². The summed E-state index contributed by atoms with van der Waals surface area (Å²) in [6.45, 7) is 0. The van der Waals surface area contributed by atoms with Crippen LogP contribution in [0.15, 0.2) is 0 Å². The summed E-state index contributed by atoms with van der Waals surface area (Å²) >= 11 is 0. The van der Waals surface area contributed by atoms with Crippen LogP contribution in [0.4, 0.5) is 0 Å². The molecule has 0 rings (SSSR count). The van der Waals surface area contributed by atoms with Gasteiger partial charge >= 0.3 is 20.4 Å². The van der Waals surface area contributed by atoms with E-state index in [0.29, 0.717) is 0 Å². The Bertz CT molecular complexity index is 3.61. The van der Waals surface area contributed by atoms with Gasteiger partial charge in [-0.2, -0.15) is 0 Å². The van der Waals surface area contributed by atoms with Gasteiger partial charge < -0.3 is 21.9 Å². The van der Waals surface area contributed by atoms with Crippen molar-refractivity contribution in [2.45, 2.75) is 0 Å². The van der Waals surface area contributed by atoms with Gasteiger partial charge in [0.1, 0.15) is 0 Å². The standard InChI is InChI=1S/4H2O.Pd/h4*1H2;/q;;;;+4/p-4. The molecule has 0 aromatic carbocycles. The molecule has 5 heteroatoms. The molecular weight excluding hydrogens is 170 g/mol. The number of hydrogen-bond donors (Lipinski definition) is 0. The summed E-state index contributed by atoms with van der Waals surface area (Å²) in [5.41, 5.74) is 0. The Morgan fingerprint density at radius 1 is 0.400 bits per heavy atom. The van der Waals surface area contributed by atoms with Gasteiger partial charge in [0, 0.05) is 0 Å². The predicted molar refractivity (Wildman–Crippen MR) is 7.74 cm³/mol. The van der Waals surface area contributed by atoms with Crippen LogP contribution in [-0.4, -0.2) is 21.9 Å². The van der Waals surface area contributed by atoms with E-state index in [1.165, 1.54) is 0 Å². The summed E-state index contributed by atoms with van der Waals surface area (Å²) in [5, 5.41) is 0. The molecule has 0 saturated carbocycles. The first-order valence-corrected chi connectivity index (χ1v) is 0. The zero-order valence-corrected chi connectivity index (χ0v) is 3.66. The Morgan fingerprint density at radius 2 is 0.400 bits per heavy atom. The minimum Gasteiger partial charge on any atom is -0.870 e. The molecule has 0 unspecified atom stereocenters. The summed E-state index contributed by atoms with van der Waals surface area (Å²) < 4.78 is 0. The van der Waals surface area contributed by atoms with Gasteiger partial charge in [0.05, 0.1) is 0 Å². The molecule has 4 nitrogen and oxygen atoms in total. The SMILES string of the molecule is [OH-].[OH-].[OH-].[OH-].[Pd+4]. The van der Waals surface area contributed by atoms with Crippen LogP contribution in [0.5, 0.6) is 0 Å². The van der Waals surface area contributed by atoms with Gasteiger partial charge in [0.2, 0.25) is 0 Å². The fourth-order valence-electron chi connectivity index (χ4n) is 0. The van der Waals surface area contributed by atoms with E-state index in [2.05, 4.69) is 0 Å². The van der Waals surface area contributed by atoms with Crippen molar-refractivity contribution in [3.8, 4) is 0 Å². The molecule has 0 fully saturated rings. The first-order valence-electron chi connectivity index (χ1n) is 0. The molecule has 0 amide bonds. The normalized spacial score (nSPS) is 0. The maximum atomic E-state index is 0. The second-order valence-corrected chi connectivity index (χ2v) is 0. The van der Waals surface area contributed by atoms with Crippen molar-refractivity contribution < 1.29 is 42.3 Å². The molecule has 0 bridgehead atoms. The summed E-state index contributed by atoms with van der Waals surface area (Å²) in [7, 11) is 0. The molecule has 0 aliphatic carbocycles. The first kappa shape index (κ1) is 442. The number of hydrogen-bond acceptors (Lipinski definition) is 4. The quantitative estimate of drug-likeness (QED) is 0.450. The van der Waals surface area contributed by atoms with Gasteiger partial charge in [-0.15, -0.1) is 0 Å². The molecule has 5 heavy (non-hydrogen) atoms. The van der Waals surface area contributed by atoms with Gasteiger partial charge in [-0.1, -0.05) is 0 Å². The van der Waals surface area contributed by atoms with Crippen molar-refractivity contribution in [2.75, 3.05) is 0 Å². The van der Waals surface area contributed by atoms with Crippen LogP contribution in [0, 0.1) is 0 Å². The second kappa shape index (κ2) is 219. The molecule has 0 aromatic rings. The maximum absolute atomic E-state index is 0. The van der Waals surface area contributed by atoms with Crippen molar-refractivity contribution in [1.29, 1.82) is 0 Å². The first-order chi connectivity index (χ1) is 0. The Labute approximate surface area is 43.1 Å². The minimum atomic E-state index is 0. The van der Waals surface area contributed by atoms with Crippen molar-refractivity contribution >= 4 is 0 Å². The zero-order chi connectivity index (χ0) is 0. The molecular formula is H4O4Pd. The van der Waals surface area contributed by atoms with Gasteiger partial charge in [-0.05, 0) is 0 Å². The van der Waals surface area contributed by atoms with E-state index in [0.717, 1.165) is 0 Å². The largest absolute Gasteiger partial charge is 4.00 e. The molecule has 0 heterocycles. The average Bonchev–Trinajstić information content (AvgIpc) is 0. The van der Waals surface area contributed by atoms with Crippen molar-refractivity contribution in [3.05, 3.63) is 0 Å². The molecule has 0 radical (unpaired) electrons. The van der Waals surface area contributed by atoms with Gasteiger partial charge in [0.25, 0.3) is 0 Å². The van der Waals surface area contributed by atoms with Crippen LogP contribution in [-0.2, 0) is 20.4 Å². The van der Waals surface area contributed by atoms with Crippen LogP contribution in [0.2, 0.25) is 0 Å². The molecule has 0 aliphatic rings. The summed E-state index contributed by atoms with van der Waals surface area (Å²) in [6.07, 6.45) is 0. The summed E-state index contributed by atoms with van der Waals surface area (Å²) in [4.78, 5) is 0. The number of rotatable bonds is 0. The molecule has 4 N–H and O–H groups in total. The molecule has 0 saturated heterocycles. The minimum absolute atomic E-state index is 0. The maximum Gasteiger partial charge on any atom is 4.00 e. The van der Waals surface area contributed by atoms with E-state index >= 15 is 0 Å². The van der Waals surface area contributed by atoms with Crippen LogP contribution >= 0.6 is 0 Å². The third-order valence-electron chi connectivity index (χ3n) is 0. The third kappa shape index (κ3) is 112. The van der Waals surface area contributed by atoms with E-state index in [9.17, 15) is 0 Å². The monoisotopic (exact) mass is 174 g/mol. The van der Waals surface area contributed by atoms with E-state index in [4.69, 9.17) is 0 Å². The second-order valence-electron chi connectivity index (χ2n) is 0. The predicted octanol–water partition coefficient (Wildman–Crippen LogP) is -0.710. The molecule has 0 aromatic heterocycles. The Balaban J connectivity index is 0. The van der Waals surface area contributed by atoms with E-state index in [1.807, 2.05) is 0 Å². The van der Waals surface area contributed by atoms with E-state index in [1.54, 1.807) is 0 Å². The summed E-state index contributed by atoms with van der Waals surface area (Å²) in [6, 6.07) is 0. The zero-order valence-electron chi connectivity index (χ0n) is 2.11. The smallest absolute Gasteiger partial charge is 0.870 e. The fourth-order valence-corrected chi connectivity index (χ4v) is 0. The van der Waals surface area contributed by atoms with Crippen molar-refractivity contribution in [3.63, 3.8) is 0 Å². The fraction of sp³-hybridized carbons (Fsp3) is 0. The third-order valence-corrected chi connectivity index (χ3v) is 0. The average molecular weight is 174 g/mol. The van der Waals surface area contributed by atoms with Crippen LogP contribution in [0.3, 0.4) is 0 Å². The van der Waals surface area contributed by atoms with Crippen LogP contribution in [0.1, 0.15) is 0 Å². The van der Waals surface area contributed by atoms with Crippen LogP contribution in [0.25, 0.3) is 0 Å². The summed E-state index contributed by atoms with van der Waals surface area (Å²) in [5.74, 6) is 0. The van der Waals surface area contributed by atoms with Crippen LogP contribution < -0.4 is 0 Å². The Hall–Kier alpha value is 0.502. The van der Waals surface area contributed by atoms with E-state index in [-0.39, 0.29) is 42.3 Å². The Kier molecular flexibility index (Phi) is 19300. The molecule has 0 spiro atoms. The van der Waals surface area contributed by atoms with Gasteiger partial charge in [-0.3, -0.25) is 0 Å². The van der Waals surface area contributed by atoms with Crippen molar-refractivity contribution in [2.24, 2.45) is 0 Å². The van der Waals surface area contributed by atoms with Gasteiger partial charge in [0.15, 0.2) is 0 Å². The Morgan fingerprint density at radius 3 is 0.400 bits per heavy atom. The molecule has 0 atom stereocenters.